The van der Waals surface area contributed by atoms with Crippen LogP contribution in [0.25, 0.3) is 0 Å². The second-order valence-corrected chi connectivity index (χ2v) is 10.3. The number of nitrogens with one attached hydrogen (secondary N) is 2. The fourth-order valence-corrected chi connectivity index (χ4v) is 5.38. The molecule has 1 aromatic heterocycles. The topological polar surface area (TPSA) is 173 Å². The Bertz CT molecular complexity index is 1700. The fourth-order valence-electron chi connectivity index (χ4n) is 5.38. The van der Waals surface area contributed by atoms with E-state index in [9.17, 15) is 24.6 Å². The number of aromatic nitrogens is 3. The molecule has 5 rings (SSSR count). The molecule has 0 fully saturated rings. The molecule has 0 saturated carbocycles. The summed E-state index contributed by atoms with van der Waals surface area (Å²) in [5.41, 5.74) is -0.989. The van der Waals surface area contributed by atoms with Crippen LogP contribution in [0.15, 0.2) is 47.4 Å². The minimum absolute atomic E-state index is 0.0157. The Morgan fingerprint density at radius 3 is 2.45 bits per heavy atom. The zero-order chi connectivity index (χ0) is 30.5. The van der Waals surface area contributed by atoms with Crippen LogP contribution in [0.2, 0.25) is 0 Å². The van der Waals surface area contributed by atoms with E-state index in [0.717, 1.165) is 5.56 Å². The number of rotatable bonds is 8. The quantitative estimate of drug-likeness (QED) is 0.177. The van der Waals surface area contributed by atoms with E-state index < -0.39 is 40.3 Å². The number of nitrogens with zero attached hydrogens (tertiary/aromatic N) is 2. The third-order valence-corrected chi connectivity index (χ3v) is 7.66. The molecule has 1 aliphatic carbocycles. The molecule has 2 atom stereocenters. The van der Waals surface area contributed by atoms with Gasteiger partial charge >= 0.3 is 0 Å². The molecule has 0 bridgehead atoms. The highest BCUT2D eigenvalue weighted by atomic mass is 16.5. The van der Waals surface area contributed by atoms with Crippen molar-refractivity contribution in [3.05, 3.63) is 81.3 Å². The molecule has 0 saturated heterocycles. The lowest BCUT2D eigenvalue weighted by Gasteiger charge is -2.29. The number of phenols is 2. The zero-order valence-corrected chi connectivity index (χ0v) is 23.9. The number of ether oxygens (including phenoxy) is 3. The number of benzene rings is 2. The Morgan fingerprint density at radius 1 is 1.14 bits per heavy atom. The van der Waals surface area contributed by atoms with Crippen LogP contribution >= 0.6 is 0 Å². The van der Waals surface area contributed by atoms with Crippen LogP contribution in [-0.4, -0.2) is 57.0 Å². The monoisotopic (exact) mass is 574 g/mol. The van der Waals surface area contributed by atoms with E-state index in [-0.39, 0.29) is 46.1 Å². The second-order valence-electron chi connectivity index (χ2n) is 10.3. The summed E-state index contributed by atoms with van der Waals surface area (Å²) in [6.45, 7) is 5.97. The molecule has 3 aromatic rings. The van der Waals surface area contributed by atoms with E-state index in [1.54, 1.807) is 26.2 Å². The van der Waals surface area contributed by atoms with Crippen LogP contribution in [0.5, 0.6) is 23.0 Å². The van der Waals surface area contributed by atoms with Crippen LogP contribution in [0.1, 0.15) is 65.5 Å². The molecule has 1 aliphatic heterocycles. The van der Waals surface area contributed by atoms with Gasteiger partial charge in [0.05, 0.1) is 18.2 Å². The summed E-state index contributed by atoms with van der Waals surface area (Å²) in [7, 11) is 3.09. The van der Waals surface area contributed by atoms with Gasteiger partial charge in [0.15, 0.2) is 29.0 Å². The molecule has 2 heterocycles. The number of carbonyl (C=O) groups excluding carboxylic acids is 3. The highest BCUT2D eigenvalue weighted by molar-refractivity contribution is 6.31. The van der Waals surface area contributed by atoms with Crippen LogP contribution in [0.4, 0.5) is 0 Å². The number of hydrogen-bond acceptors (Lipinski definition) is 11. The number of phenolic OH excluding ortho intramolecular Hbond substituents is 2. The Hall–Kier alpha value is -4.97. The number of aromatic hydroxyl groups is 2. The van der Waals surface area contributed by atoms with Crippen LogP contribution < -0.4 is 14.8 Å². The van der Waals surface area contributed by atoms with Crippen molar-refractivity contribution in [3.8, 4) is 23.0 Å². The maximum absolute atomic E-state index is 14.2. The van der Waals surface area contributed by atoms with Gasteiger partial charge in [-0.25, -0.2) is 4.98 Å². The summed E-state index contributed by atoms with van der Waals surface area (Å²) in [5.74, 6) is -1.37. The normalized spacial score (nSPS) is 19.4. The van der Waals surface area contributed by atoms with Crippen molar-refractivity contribution in [2.24, 2.45) is 0 Å². The number of allylic oxidation sites excluding steroid dienone is 4. The minimum atomic E-state index is -1.64. The Labute approximate surface area is 241 Å². The number of fused-ring (bicyclic) bond motifs is 3. The number of methoxy groups -OCH3 is 2. The molecule has 218 valence electrons. The summed E-state index contributed by atoms with van der Waals surface area (Å²) in [5, 5.41) is 32.0. The number of ketones is 3. The van der Waals surface area contributed by atoms with Crippen molar-refractivity contribution in [2.75, 3.05) is 14.2 Å². The number of carbonyl (C=O) groups is 3. The first-order chi connectivity index (χ1) is 19.9. The number of hydrogen-bond donors (Lipinski definition) is 4. The van der Waals surface area contributed by atoms with Crippen molar-refractivity contribution in [2.45, 2.75) is 45.8 Å². The van der Waals surface area contributed by atoms with Gasteiger partial charge in [-0.2, -0.15) is 5.10 Å². The summed E-state index contributed by atoms with van der Waals surface area (Å²) in [4.78, 5) is 44.6. The molecule has 2 aromatic carbocycles. The molecule has 0 spiro atoms. The predicted octanol–water partition coefficient (Wildman–Crippen LogP) is 3.22. The van der Waals surface area contributed by atoms with Crippen LogP contribution in [0.3, 0.4) is 0 Å². The molecule has 42 heavy (non-hydrogen) atoms. The van der Waals surface area contributed by atoms with Gasteiger partial charge in [0.1, 0.15) is 52.4 Å². The van der Waals surface area contributed by atoms with Crippen LogP contribution in [-0.2, 0) is 26.3 Å². The lowest BCUT2D eigenvalue weighted by atomic mass is 9.70. The minimum Gasteiger partial charge on any atom is -0.507 e. The third-order valence-electron chi connectivity index (χ3n) is 7.66. The molecule has 12 heteroatoms. The highest BCUT2D eigenvalue weighted by Gasteiger charge is 2.56. The number of aromatic amines is 1. The molecule has 0 radical (unpaired) electrons. The fraction of sp³-hybridized carbons (Fsp3) is 0.300. The molecule has 1 unspecified atom stereocenters. The number of Topliss-reactive ketones (excluding diaryl/α,β-unsaturated/α-hetero) is 2. The van der Waals surface area contributed by atoms with E-state index in [4.69, 9.17) is 14.2 Å². The molecular weight excluding hydrogens is 544 g/mol. The average molecular weight is 575 g/mol. The van der Waals surface area contributed by atoms with Crippen molar-refractivity contribution < 1.29 is 38.8 Å². The van der Waals surface area contributed by atoms with Crippen molar-refractivity contribution in [1.82, 2.24) is 20.5 Å². The average Bonchev–Trinajstić information content (AvgIpc) is 3.53. The maximum atomic E-state index is 14.2. The largest absolute Gasteiger partial charge is 0.507 e. The van der Waals surface area contributed by atoms with Crippen molar-refractivity contribution in [1.29, 1.82) is 0 Å². The van der Waals surface area contributed by atoms with E-state index in [0.29, 0.717) is 17.4 Å². The summed E-state index contributed by atoms with van der Waals surface area (Å²) in [6.07, 6.45) is 1.17. The van der Waals surface area contributed by atoms with Gasteiger partial charge in [-0.3, -0.25) is 19.5 Å². The van der Waals surface area contributed by atoms with Gasteiger partial charge in [0.2, 0.25) is 0 Å². The lowest BCUT2D eigenvalue weighted by molar-refractivity contribution is -0.123. The highest BCUT2D eigenvalue weighted by Crippen LogP contribution is 2.57. The second kappa shape index (κ2) is 10.5. The van der Waals surface area contributed by atoms with Crippen molar-refractivity contribution in [3.63, 3.8) is 0 Å². The molecule has 0 amide bonds. The number of H-pyrrole nitrogens is 1. The summed E-state index contributed by atoms with van der Waals surface area (Å²) >= 11 is 0. The lowest BCUT2D eigenvalue weighted by Crippen LogP contribution is -2.41. The Morgan fingerprint density at radius 2 is 1.83 bits per heavy atom. The molecule has 2 aliphatic rings. The summed E-state index contributed by atoms with van der Waals surface area (Å²) < 4.78 is 16.3. The SMILES string of the molecule is COCc1nc(C(NC(C)=C2C(=O)C=C3Oc4c(C(C)=O)c(O)c(C)c(O)c4[C@@]3(C)C2=O)c2ccc(OC)cc2)n[nH]1. The first kappa shape index (κ1) is 28.6. The van der Waals surface area contributed by atoms with E-state index >= 15 is 0 Å². The first-order valence-electron chi connectivity index (χ1n) is 13.0. The zero-order valence-electron chi connectivity index (χ0n) is 23.9. The van der Waals surface area contributed by atoms with Gasteiger partial charge in [0, 0.05) is 24.4 Å². The first-order valence-corrected chi connectivity index (χ1v) is 13.0. The predicted molar refractivity (Wildman–Crippen MR) is 148 cm³/mol. The third kappa shape index (κ3) is 4.31. The van der Waals surface area contributed by atoms with Gasteiger partial charge in [-0.15, -0.1) is 0 Å². The van der Waals surface area contributed by atoms with Gasteiger partial charge in [-0.05, 0) is 45.4 Å². The molecular formula is C30H30N4O8. The maximum Gasteiger partial charge on any atom is 0.194 e. The Kier molecular flexibility index (Phi) is 7.11. The summed E-state index contributed by atoms with van der Waals surface area (Å²) in [6, 6.07) is 6.46. The van der Waals surface area contributed by atoms with Gasteiger partial charge < -0.3 is 29.7 Å². The van der Waals surface area contributed by atoms with E-state index in [2.05, 4.69) is 20.5 Å². The van der Waals surface area contributed by atoms with E-state index in [1.165, 1.54) is 34.0 Å². The van der Waals surface area contributed by atoms with Gasteiger partial charge in [-0.1, -0.05) is 12.1 Å². The molecule has 4 N–H and O–H groups in total. The molecule has 12 nitrogen and oxygen atoms in total. The van der Waals surface area contributed by atoms with Crippen molar-refractivity contribution >= 4 is 17.3 Å². The van der Waals surface area contributed by atoms with Gasteiger partial charge in [0.25, 0.3) is 0 Å². The van der Waals surface area contributed by atoms with Crippen LogP contribution in [0, 0.1) is 6.92 Å². The van der Waals surface area contributed by atoms with E-state index in [1.807, 2.05) is 12.1 Å². The Balaban J connectivity index is 1.62. The smallest absolute Gasteiger partial charge is 0.194 e. The standard InChI is InChI=1S/C30H30N4O8/c1-13-25(37)22(15(3)35)27-23(26(13)38)30(4)19(42-27)11-18(36)21(28(30)39)14(2)31-24(16-7-9-17(41-6)10-8-16)29-32-20(12-40-5)33-34-29/h7-11,24,31,37-38H,12H2,1-6H3,(H,32,33,34)/t24?,30-/m0/s1.